The van der Waals surface area contributed by atoms with Gasteiger partial charge in [-0.25, -0.2) is 0 Å². The van der Waals surface area contributed by atoms with Crippen LogP contribution in [0.4, 0.5) is 0 Å². The normalized spacial score (nSPS) is 11.2. The third-order valence-electron chi connectivity index (χ3n) is 4.12. The molecule has 0 N–H and O–H groups in total. The molecule has 2 aromatic heterocycles. The Kier molecular flexibility index (Phi) is 4.20. The number of fused-ring (bicyclic) bond motifs is 2. The molecule has 0 aliphatic carbocycles. The number of hydrogen-bond acceptors (Lipinski definition) is 5. The van der Waals surface area contributed by atoms with Crippen LogP contribution in [0.25, 0.3) is 21.9 Å². The highest BCUT2D eigenvalue weighted by Crippen LogP contribution is 2.42. The van der Waals surface area contributed by atoms with Crippen molar-refractivity contribution in [3.05, 3.63) is 68.7 Å². The van der Waals surface area contributed by atoms with E-state index in [0.717, 1.165) is 10.0 Å². The van der Waals surface area contributed by atoms with Gasteiger partial charge >= 0.3 is 0 Å². The monoisotopic (exact) mass is 414 g/mol. The molecule has 0 bridgehead atoms. The maximum atomic E-state index is 12.7. The van der Waals surface area contributed by atoms with E-state index in [1.807, 2.05) is 24.3 Å². The van der Waals surface area contributed by atoms with E-state index in [1.54, 1.807) is 13.0 Å². The van der Waals surface area contributed by atoms with Gasteiger partial charge < -0.3 is 18.3 Å². The van der Waals surface area contributed by atoms with Crippen LogP contribution in [0.15, 0.2) is 60.8 Å². The molecule has 132 valence electrons. The lowest BCUT2D eigenvalue weighted by molar-refractivity contribution is 0.312. The molecular formula is C20H15BrO5. The van der Waals surface area contributed by atoms with Crippen LogP contribution < -0.4 is 14.9 Å². The lowest BCUT2D eigenvalue weighted by atomic mass is 10.1. The van der Waals surface area contributed by atoms with Gasteiger partial charge in [-0.1, -0.05) is 28.1 Å². The summed E-state index contributed by atoms with van der Waals surface area (Å²) in [4.78, 5) is 12.7. The minimum absolute atomic E-state index is 0.184. The highest BCUT2D eigenvalue weighted by atomic mass is 79.9. The predicted octanol–water partition coefficient (Wildman–Crippen LogP) is 5.20. The van der Waals surface area contributed by atoms with E-state index in [2.05, 4.69) is 15.9 Å². The summed E-state index contributed by atoms with van der Waals surface area (Å²) in [5, 5.41) is 1.01. The summed E-state index contributed by atoms with van der Waals surface area (Å²) >= 11 is 3.41. The van der Waals surface area contributed by atoms with E-state index in [1.165, 1.54) is 19.4 Å². The van der Waals surface area contributed by atoms with Gasteiger partial charge in [-0.15, -0.1) is 0 Å². The molecule has 6 heteroatoms. The first-order chi connectivity index (χ1) is 12.6. The van der Waals surface area contributed by atoms with Crippen molar-refractivity contribution >= 4 is 37.9 Å². The van der Waals surface area contributed by atoms with E-state index in [4.69, 9.17) is 18.3 Å². The van der Waals surface area contributed by atoms with Crippen LogP contribution in [-0.4, -0.2) is 7.11 Å². The molecule has 26 heavy (non-hydrogen) atoms. The smallest absolute Gasteiger partial charge is 0.206 e. The zero-order valence-electron chi connectivity index (χ0n) is 14.2. The lowest BCUT2D eigenvalue weighted by Gasteiger charge is -2.13. The Bertz CT molecular complexity index is 1150. The van der Waals surface area contributed by atoms with Crippen molar-refractivity contribution in [2.24, 2.45) is 0 Å². The Labute approximate surface area is 157 Å². The second kappa shape index (κ2) is 6.53. The van der Waals surface area contributed by atoms with Crippen molar-refractivity contribution < 1.29 is 18.3 Å². The van der Waals surface area contributed by atoms with Gasteiger partial charge in [0.2, 0.25) is 5.75 Å². The Morgan fingerprint density at radius 2 is 1.85 bits per heavy atom. The first kappa shape index (κ1) is 16.7. The third kappa shape index (κ3) is 2.76. The molecule has 0 fully saturated rings. The maximum Gasteiger partial charge on any atom is 0.206 e. The van der Waals surface area contributed by atoms with E-state index >= 15 is 0 Å². The highest BCUT2D eigenvalue weighted by Gasteiger charge is 2.22. The van der Waals surface area contributed by atoms with Crippen LogP contribution in [0.2, 0.25) is 0 Å². The average Bonchev–Trinajstić information content (AvgIpc) is 3.09. The van der Waals surface area contributed by atoms with Crippen LogP contribution in [0.5, 0.6) is 11.5 Å². The summed E-state index contributed by atoms with van der Waals surface area (Å²) in [6.07, 6.45) is 1.54. The van der Waals surface area contributed by atoms with Gasteiger partial charge in [0.25, 0.3) is 0 Å². The molecule has 4 aromatic rings. The molecule has 0 saturated heterocycles. The summed E-state index contributed by atoms with van der Waals surface area (Å²) in [7, 11) is 1.52. The fourth-order valence-corrected chi connectivity index (χ4v) is 3.22. The SMILES string of the molecule is COc1c2occc2c(OCc2ccc(Br)cc2)c2c(=O)cc(C)oc12. The molecule has 0 amide bonds. The van der Waals surface area contributed by atoms with Gasteiger partial charge in [0.05, 0.1) is 18.8 Å². The fourth-order valence-electron chi connectivity index (χ4n) is 2.96. The third-order valence-corrected chi connectivity index (χ3v) is 4.65. The maximum absolute atomic E-state index is 12.7. The molecule has 0 unspecified atom stereocenters. The average molecular weight is 415 g/mol. The Morgan fingerprint density at radius 1 is 1.08 bits per heavy atom. The Morgan fingerprint density at radius 3 is 2.58 bits per heavy atom. The first-order valence-electron chi connectivity index (χ1n) is 7.97. The van der Waals surface area contributed by atoms with E-state index in [0.29, 0.717) is 45.8 Å². The summed E-state index contributed by atoms with van der Waals surface area (Å²) in [6, 6.07) is 11.0. The van der Waals surface area contributed by atoms with E-state index < -0.39 is 0 Å². The van der Waals surface area contributed by atoms with E-state index in [-0.39, 0.29) is 5.43 Å². The van der Waals surface area contributed by atoms with Crippen molar-refractivity contribution in [2.75, 3.05) is 7.11 Å². The van der Waals surface area contributed by atoms with Gasteiger partial charge in [-0.3, -0.25) is 4.79 Å². The van der Waals surface area contributed by atoms with Gasteiger partial charge in [-0.2, -0.15) is 0 Å². The summed E-state index contributed by atoms with van der Waals surface area (Å²) in [6.45, 7) is 2.03. The standard InChI is InChI=1S/C20H15BrO5/c1-11-9-15(22)16-17(25-10-12-3-5-13(21)6-4-12)14-7-8-24-18(14)20(23-2)19(16)26-11/h3-9H,10H2,1-2H3. The van der Waals surface area contributed by atoms with Crippen molar-refractivity contribution in [1.82, 2.24) is 0 Å². The lowest BCUT2D eigenvalue weighted by Crippen LogP contribution is -2.06. The van der Waals surface area contributed by atoms with Crippen LogP contribution in [0.1, 0.15) is 11.3 Å². The molecule has 0 atom stereocenters. The summed E-state index contributed by atoms with van der Waals surface area (Å²) < 4.78 is 23.8. The zero-order chi connectivity index (χ0) is 18.3. The summed E-state index contributed by atoms with van der Waals surface area (Å²) in [5.74, 6) is 1.31. The topological polar surface area (TPSA) is 61.8 Å². The van der Waals surface area contributed by atoms with Crippen molar-refractivity contribution in [3.8, 4) is 11.5 Å². The molecule has 0 aliphatic rings. The van der Waals surface area contributed by atoms with Gasteiger partial charge in [-0.05, 0) is 30.7 Å². The largest absolute Gasteiger partial charge is 0.490 e. The quantitative estimate of drug-likeness (QED) is 0.459. The minimum atomic E-state index is -0.184. The first-order valence-corrected chi connectivity index (χ1v) is 8.76. The van der Waals surface area contributed by atoms with Crippen LogP contribution >= 0.6 is 15.9 Å². The number of ether oxygens (including phenoxy) is 2. The number of hydrogen-bond donors (Lipinski definition) is 0. The number of benzene rings is 2. The van der Waals surface area contributed by atoms with Crippen molar-refractivity contribution in [3.63, 3.8) is 0 Å². The number of rotatable bonds is 4. The molecule has 0 radical (unpaired) electrons. The molecule has 2 aromatic carbocycles. The van der Waals surface area contributed by atoms with Gasteiger partial charge in [0.15, 0.2) is 16.6 Å². The number of halogens is 1. The number of aryl methyl sites for hydroxylation is 1. The fraction of sp³-hybridized carbons (Fsp3) is 0.150. The van der Waals surface area contributed by atoms with Gasteiger partial charge in [0.1, 0.15) is 23.5 Å². The predicted molar refractivity (Wildman–Crippen MR) is 102 cm³/mol. The molecule has 0 spiro atoms. The van der Waals surface area contributed by atoms with Gasteiger partial charge in [0, 0.05) is 10.5 Å². The molecular weight excluding hydrogens is 400 g/mol. The zero-order valence-corrected chi connectivity index (χ0v) is 15.8. The van der Waals surface area contributed by atoms with Crippen LogP contribution in [0.3, 0.4) is 0 Å². The molecule has 0 aliphatic heterocycles. The van der Waals surface area contributed by atoms with Crippen molar-refractivity contribution in [1.29, 1.82) is 0 Å². The van der Waals surface area contributed by atoms with Crippen LogP contribution in [0, 0.1) is 6.92 Å². The minimum Gasteiger partial charge on any atom is -0.490 e. The summed E-state index contributed by atoms with van der Waals surface area (Å²) in [5.41, 5.74) is 1.60. The molecule has 2 heterocycles. The molecule has 0 saturated carbocycles. The number of methoxy groups -OCH3 is 1. The van der Waals surface area contributed by atoms with Crippen LogP contribution in [-0.2, 0) is 6.61 Å². The molecule has 4 rings (SSSR count). The Hall–Kier alpha value is -2.73. The molecule has 5 nitrogen and oxygen atoms in total. The number of furan rings is 1. The second-order valence-corrected chi connectivity index (χ2v) is 6.78. The van der Waals surface area contributed by atoms with Crippen molar-refractivity contribution in [2.45, 2.75) is 13.5 Å². The second-order valence-electron chi connectivity index (χ2n) is 5.87. The highest BCUT2D eigenvalue weighted by molar-refractivity contribution is 9.10. The van der Waals surface area contributed by atoms with E-state index in [9.17, 15) is 4.79 Å². The Balaban J connectivity index is 1.93.